The maximum Gasteiger partial charge on any atom is 0.232 e. The molecule has 1 aromatic carbocycles. The molecule has 1 amide bonds. The van der Waals surface area contributed by atoms with Gasteiger partial charge >= 0.3 is 0 Å². The van der Waals surface area contributed by atoms with Gasteiger partial charge in [0.15, 0.2) is 10.1 Å². The smallest absolute Gasteiger partial charge is 0.232 e. The van der Waals surface area contributed by atoms with Crippen molar-refractivity contribution in [2.24, 2.45) is 0 Å². The van der Waals surface area contributed by atoms with Crippen LogP contribution in [-0.2, 0) is 17.6 Å². The Morgan fingerprint density at radius 3 is 2.65 bits per heavy atom. The molecule has 0 atom stereocenters. The Morgan fingerprint density at radius 2 is 1.96 bits per heavy atom. The van der Waals surface area contributed by atoms with Crippen molar-refractivity contribution in [3.05, 3.63) is 58.2 Å². The van der Waals surface area contributed by atoms with Crippen LogP contribution in [-0.4, -0.2) is 20.3 Å². The molecule has 4 rings (SSSR count). The van der Waals surface area contributed by atoms with Gasteiger partial charge in [0.1, 0.15) is 0 Å². The molecule has 0 aliphatic rings. The molecule has 0 radical (unpaired) electrons. The van der Waals surface area contributed by atoms with Crippen molar-refractivity contribution in [3.8, 4) is 11.3 Å². The Balaban J connectivity index is 1.54. The lowest BCUT2D eigenvalue weighted by atomic mass is 10.1. The third kappa shape index (κ3) is 3.40. The molecule has 5 nitrogen and oxygen atoms in total. The second-order valence-corrected chi connectivity index (χ2v) is 7.77. The molecule has 4 aromatic rings. The van der Waals surface area contributed by atoms with Crippen molar-refractivity contribution >= 4 is 38.7 Å². The van der Waals surface area contributed by atoms with Crippen LogP contribution in [0.15, 0.2) is 41.2 Å². The number of rotatable bonds is 5. The summed E-state index contributed by atoms with van der Waals surface area (Å²) in [7, 11) is 0. The number of aromatic nitrogens is 3. The minimum absolute atomic E-state index is 0.0680. The van der Waals surface area contributed by atoms with E-state index in [2.05, 4.69) is 41.5 Å². The summed E-state index contributed by atoms with van der Waals surface area (Å²) in [6.07, 6.45) is 3.32. The highest BCUT2D eigenvalue weighted by atomic mass is 32.1. The molecule has 0 bridgehead atoms. The minimum atomic E-state index is -0.0680. The molecular formula is C19H18N4OS2. The molecule has 0 saturated heterocycles. The molecule has 3 heterocycles. The van der Waals surface area contributed by atoms with E-state index >= 15 is 0 Å². The number of fused-ring (bicyclic) bond motifs is 1. The molecule has 1 N–H and O–H groups in total. The Bertz CT molecular complexity index is 1060. The molecule has 7 heteroatoms. The molecule has 0 unspecified atom stereocenters. The second kappa shape index (κ2) is 7.01. The van der Waals surface area contributed by atoms with E-state index in [4.69, 9.17) is 4.98 Å². The number of nitrogens with one attached hydrogen (secondary N) is 1. The Morgan fingerprint density at radius 1 is 1.15 bits per heavy atom. The fourth-order valence-electron chi connectivity index (χ4n) is 2.75. The van der Waals surface area contributed by atoms with Gasteiger partial charge in [-0.2, -0.15) is 0 Å². The van der Waals surface area contributed by atoms with Crippen LogP contribution in [0.1, 0.15) is 23.9 Å². The summed E-state index contributed by atoms with van der Waals surface area (Å²) in [6, 6.07) is 8.46. The summed E-state index contributed by atoms with van der Waals surface area (Å²) in [6.45, 7) is 4.06. The number of benzene rings is 1. The van der Waals surface area contributed by atoms with Gasteiger partial charge in [0, 0.05) is 28.2 Å². The lowest BCUT2D eigenvalue weighted by Gasteiger charge is -2.01. The zero-order valence-corrected chi connectivity index (χ0v) is 16.2. The SMILES string of the molecule is CCc1ccc(-c2cn3c(CC(=O)Nc4nc(C)cs4)csc3n2)cc1. The number of anilines is 1. The van der Waals surface area contributed by atoms with Crippen molar-refractivity contribution in [2.45, 2.75) is 26.7 Å². The molecule has 0 saturated carbocycles. The van der Waals surface area contributed by atoms with Crippen LogP contribution in [0.2, 0.25) is 0 Å². The van der Waals surface area contributed by atoms with E-state index in [0.29, 0.717) is 11.6 Å². The molecule has 132 valence electrons. The van der Waals surface area contributed by atoms with Crippen LogP contribution in [0.5, 0.6) is 0 Å². The van der Waals surface area contributed by atoms with Gasteiger partial charge in [0.05, 0.1) is 17.8 Å². The van der Waals surface area contributed by atoms with Crippen LogP contribution in [0.25, 0.3) is 16.2 Å². The minimum Gasteiger partial charge on any atom is -0.302 e. The molecule has 0 aliphatic carbocycles. The highest BCUT2D eigenvalue weighted by Crippen LogP contribution is 2.24. The van der Waals surface area contributed by atoms with E-state index in [1.807, 2.05) is 28.3 Å². The van der Waals surface area contributed by atoms with E-state index in [1.54, 1.807) is 11.3 Å². The number of imidazole rings is 1. The van der Waals surface area contributed by atoms with Crippen LogP contribution in [0.4, 0.5) is 5.13 Å². The zero-order chi connectivity index (χ0) is 18.1. The number of carbonyl (C=O) groups excluding carboxylic acids is 1. The van der Waals surface area contributed by atoms with E-state index in [0.717, 1.165) is 34.0 Å². The summed E-state index contributed by atoms with van der Waals surface area (Å²) in [5, 5.41) is 7.40. The van der Waals surface area contributed by atoms with E-state index in [9.17, 15) is 4.79 Å². The van der Waals surface area contributed by atoms with Crippen molar-refractivity contribution in [1.82, 2.24) is 14.4 Å². The number of carbonyl (C=O) groups is 1. The van der Waals surface area contributed by atoms with Crippen molar-refractivity contribution in [2.75, 3.05) is 5.32 Å². The average Bonchev–Trinajstić information content (AvgIpc) is 3.33. The first-order valence-corrected chi connectivity index (χ1v) is 10.1. The van der Waals surface area contributed by atoms with E-state index in [-0.39, 0.29) is 5.91 Å². The lowest BCUT2D eigenvalue weighted by molar-refractivity contribution is -0.115. The highest BCUT2D eigenvalue weighted by molar-refractivity contribution is 7.15. The number of thiazole rings is 2. The van der Waals surface area contributed by atoms with E-state index < -0.39 is 0 Å². The van der Waals surface area contributed by atoms with Gasteiger partial charge < -0.3 is 5.32 Å². The number of hydrogen-bond acceptors (Lipinski definition) is 5. The van der Waals surface area contributed by atoms with Crippen molar-refractivity contribution in [3.63, 3.8) is 0 Å². The first kappa shape index (κ1) is 16.9. The molecule has 0 fully saturated rings. The normalized spacial score (nSPS) is 11.2. The molecule has 26 heavy (non-hydrogen) atoms. The molecular weight excluding hydrogens is 364 g/mol. The number of nitrogens with zero attached hydrogens (tertiary/aromatic N) is 3. The van der Waals surface area contributed by atoms with Gasteiger partial charge in [-0.15, -0.1) is 22.7 Å². The van der Waals surface area contributed by atoms with Crippen molar-refractivity contribution < 1.29 is 4.79 Å². The van der Waals surface area contributed by atoms with Gasteiger partial charge in [-0.1, -0.05) is 31.2 Å². The molecule has 0 spiro atoms. The van der Waals surface area contributed by atoms with Crippen LogP contribution in [0, 0.1) is 6.92 Å². The summed E-state index contributed by atoms with van der Waals surface area (Å²) in [4.78, 5) is 22.2. The molecule has 0 aliphatic heterocycles. The Kier molecular flexibility index (Phi) is 4.57. The highest BCUT2D eigenvalue weighted by Gasteiger charge is 2.13. The first-order valence-electron chi connectivity index (χ1n) is 8.39. The number of aryl methyl sites for hydroxylation is 2. The molecule has 3 aromatic heterocycles. The third-order valence-corrected chi connectivity index (χ3v) is 5.91. The van der Waals surface area contributed by atoms with Gasteiger partial charge in [-0.05, 0) is 18.9 Å². The summed E-state index contributed by atoms with van der Waals surface area (Å²) < 4.78 is 2.00. The largest absolute Gasteiger partial charge is 0.302 e. The van der Waals surface area contributed by atoms with Gasteiger partial charge in [0.25, 0.3) is 0 Å². The van der Waals surface area contributed by atoms with Gasteiger partial charge in [0.2, 0.25) is 5.91 Å². The Labute approximate surface area is 159 Å². The third-order valence-electron chi connectivity index (χ3n) is 4.15. The fraction of sp³-hybridized carbons (Fsp3) is 0.211. The van der Waals surface area contributed by atoms with Crippen LogP contribution < -0.4 is 5.32 Å². The summed E-state index contributed by atoms with van der Waals surface area (Å²) in [5.74, 6) is -0.0680. The monoisotopic (exact) mass is 382 g/mol. The maximum absolute atomic E-state index is 12.3. The zero-order valence-electron chi connectivity index (χ0n) is 14.5. The summed E-state index contributed by atoms with van der Waals surface area (Å²) >= 11 is 2.99. The predicted octanol–water partition coefficient (Wildman–Crippen LogP) is 4.57. The van der Waals surface area contributed by atoms with Gasteiger partial charge in [-0.3, -0.25) is 9.20 Å². The summed E-state index contributed by atoms with van der Waals surface area (Å²) in [5.41, 5.74) is 5.17. The van der Waals surface area contributed by atoms with Crippen molar-refractivity contribution in [1.29, 1.82) is 0 Å². The number of hydrogen-bond donors (Lipinski definition) is 1. The fourth-order valence-corrected chi connectivity index (χ4v) is 4.32. The van der Waals surface area contributed by atoms with Crippen LogP contribution in [0.3, 0.4) is 0 Å². The maximum atomic E-state index is 12.3. The topological polar surface area (TPSA) is 59.3 Å². The predicted molar refractivity (Wildman–Crippen MR) is 107 cm³/mol. The van der Waals surface area contributed by atoms with E-state index in [1.165, 1.54) is 16.9 Å². The standard InChI is InChI=1S/C19H18N4OS2/c1-3-13-4-6-14(7-5-13)16-9-23-15(11-26-19(23)21-16)8-17(24)22-18-20-12(2)10-25-18/h4-7,9-11H,3,8H2,1-2H3,(H,20,22,24). The average molecular weight is 383 g/mol. The Hall–Kier alpha value is -2.51. The quantitative estimate of drug-likeness (QED) is 0.550. The first-order chi connectivity index (χ1) is 12.6. The second-order valence-electron chi connectivity index (χ2n) is 6.08. The lowest BCUT2D eigenvalue weighted by Crippen LogP contribution is -2.15. The number of amides is 1. The van der Waals surface area contributed by atoms with Gasteiger partial charge in [-0.25, -0.2) is 9.97 Å². The van der Waals surface area contributed by atoms with Crippen LogP contribution >= 0.6 is 22.7 Å².